The van der Waals surface area contributed by atoms with Gasteiger partial charge in [-0.05, 0) is 37.0 Å². The normalized spacial score (nSPS) is 25.3. The Labute approximate surface area is 126 Å². The van der Waals surface area contributed by atoms with Crippen LogP contribution in [0.2, 0.25) is 0 Å². The standard InChI is InChI=1S/C17H23N3O/c21-17-8-7-16-12-19(9-10-20(16)17)15-5-1-13(2-6-15)11-18-14-3-4-14/h1-2,5-6,14,16,18H,3-4,7-12H2. The largest absolute Gasteiger partial charge is 0.368 e. The zero-order valence-electron chi connectivity index (χ0n) is 12.4. The predicted molar refractivity (Wildman–Crippen MR) is 83.3 cm³/mol. The number of carbonyl (C=O) groups is 1. The zero-order valence-corrected chi connectivity index (χ0v) is 12.4. The van der Waals surface area contributed by atoms with E-state index in [1.54, 1.807) is 0 Å². The summed E-state index contributed by atoms with van der Waals surface area (Å²) >= 11 is 0. The van der Waals surface area contributed by atoms with Crippen LogP contribution in [0.25, 0.3) is 0 Å². The molecule has 4 nitrogen and oxygen atoms in total. The van der Waals surface area contributed by atoms with Crippen molar-refractivity contribution in [3.8, 4) is 0 Å². The first-order valence-electron chi connectivity index (χ1n) is 8.16. The monoisotopic (exact) mass is 285 g/mol. The Balaban J connectivity index is 1.38. The van der Waals surface area contributed by atoms with Crippen molar-refractivity contribution in [1.82, 2.24) is 10.2 Å². The molecule has 1 aromatic carbocycles. The first-order valence-corrected chi connectivity index (χ1v) is 8.16. The van der Waals surface area contributed by atoms with Gasteiger partial charge in [-0.1, -0.05) is 12.1 Å². The number of hydrogen-bond acceptors (Lipinski definition) is 3. The number of nitrogens with one attached hydrogen (secondary N) is 1. The third kappa shape index (κ3) is 2.77. The molecule has 0 aromatic heterocycles. The maximum atomic E-state index is 11.7. The highest BCUT2D eigenvalue weighted by atomic mass is 16.2. The lowest BCUT2D eigenvalue weighted by Gasteiger charge is -2.38. The number of rotatable bonds is 4. The number of benzene rings is 1. The highest BCUT2D eigenvalue weighted by Gasteiger charge is 2.35. The van der Waals surface area contributed by atoms with Crippen molar-refractivity contribution in [3.05, 3.63) is 29.8 Å². The van der Waals surface area contributed by atoms with Crippen LogP contribution in [-0.4, -0.2) is 42.5 Å². The molecule has 1 atom stereocenters. The molecule has 0 bridgehead atoms. The van der Waals surface area contributed by atoms with E-state index in [0.29, 0.717) is 11.9 Å². The number of carbonyl (C=O) groups excluding carboxylic acids is 1. The third-order valence-corrected chi connectivity index (χ3v) is 4.97. The van der Waals surface area contributed by atoms with E-state index in [2.05, 4.69) is 39.4 Å². The third-order valence-electron chi connectivity index (χ3n) is 4.97. The van der Waals surface area contributed by atoms with E-state index in [-0.39, 0.29) is 0 Å². The minimum absolute atomic E-state index is 0.348. The Morgan fingerprint density at radius 2 is 1.90 bits per heavy atom. The minimum Gasteiger partial charge on any atom is -0.368 e. The summed E-state index contributed by atoms with van der Waals surface area (Å²) in [5.74, 6) is 0.348. The summed E-state index contributed by atoms with van der Waals surface area (Å²) in [6, 6.07) is 10.1. The summed E-state index contributed by atoms with van der Waals surface area (Å²) < 4.78 is 0. The smallest absolute Gasteiger partial charge is 0.223 e. The maximum absolute atomic E-state index is 11.7. The van der Waals surface area contributed by atoms with Crippen LogP contribution in [0.3, 0.4) is 0 Å². The molecule has 1 aromatic rings. The van der Waals surface area contributed by atoms with Crippen molar-refractivity contribution in [3.63, 3.8) is 0 Å². The first kappa shape index (κ1) is 13.1. The summed E-state index contributed by atoms with van der Waals surface area (Å²) in [4.78, 5) is 16.2. The molecule has 21 heavy (non-hydrogen) atoms. The molecule has 1 aliphatic carbocycles. The molecule has 4 heteroatoms. The first-order chi connectivity index (χ1) is 10.3. The highest BCUT2D eigenvalue weighted by molar-refractivity contribution is 5.79. The van der Waals surface area contributed by atoms with Gasteiger partial charge in [-0.2, -0.15) is 0 Å². The molecule has 3 aliphatic rings. The molecule has 2 heterocycles. The van der Waals surface area contributed by atoms with Crippen LogP contribution in [0.15, 0.2) is 24.3 Å². The van der Waals surface area contributed by atoms with Crippen LogP contribution in [-0.2, 0) is 11.3 Å². The van der Waals surface area contributed by atoms with Gasteiger partial charge in [0, 0.05) is 50.4 Å². The topological polar surface area (TPSA) is 35.6 Å². The van der Waals surface area contributed by atoms with Crippen LogP contribution in [0.4, 0.5) is 5.69 Å². The van der Waals surface area contributed by atoms with Gasteiger partial charge < -0.3 is 15.1 Å². The molecule has 2 saturated heterocycles. The van der Waals surface area contributed by atoms with E-state index in [9.17, 15) is 4.79 Å². The van der Waals surface area contributed by atoms with Crippen LogP contribution < -0.4 is 10.2 Å². The Morgan fingerprint density at radius 1 is 1.10 bits per heavy atom. The molecule has 112 valence electrons. The summed E-state index contributed by atoms with van der Waals surface area (Å²) in [6.07, 6.45) is 4.44. The Hall–Kier alpha value is -1.55. The van der Waals surface area contributed by atoms with Crippen molar-refractivity contribution in [2.75, 3.05) is 24.5 Å². The van der Waals surface area contributed by atoms with Gasteiger partial charge in [-0.3, -0.25) is 4.79 Å². The molecule has 0 spiro atoms. The summed E-state index contributed by atoms with van der Waals surface area (Å²) in [7, 11) is 0. The van der Waals surface area contributed by atoms with Gasteiger partial charge in [0.2, 0.25) is 5.91 Å². The van der Waals surface area contributed by atoms with E-state index in [1.807, 2.05) is 0 Å². The summed E-state index contributed by atoms with van der Waals surface area (Å²) in [6.45, 7) is 3.82. The lowest BCUT2D eigenvalue weighted by atomic mass is 10.1. The van der Waals surface area contributed by atoms with Gasteiger partial charge in [0.25, 0.3) is 0 Å². The van der Waals surface area contributed by atoms with E-state index >= 15 is 0 Å². The lowest BCUT2D eigenvalue weighted by Crippen LogP contribution is -2.51. The zero-order chi connectivity index (χ0) is 14.2. The van der Waals surface area contributed by atoms with Crippen LogP contribution >= 0.6 is 0 Å². The summed E-state index contributed by atoms with van der Waals surface area (Å²) in [5.41, 5.74) is 2.66. The second-order valence-electron chi connectivity index (χ2n) is 6.55. The number of hydrogen-bond donors (Lipinski definition) is 1. The minimum atomic E-state index is 0.348. The van der Waals surface area contributed by atoms with E-state index in [4.69, 9.17) is 0 Å². The summed E-state index contributed by atoms with van der Waals surface area (Å²) in [5, 5.41) is 3.55. The number of fused-ring (bicyclic) bond motifs is 1. The second kappa shape index (κ2) is 5.34. The molecule has 1 unspecified atom stereocenters. The fraction of sp³-hybridized carbons (Fsp3) is 0.588. The molecule has 2 aliphatic heterocycles. The van der Waals surface area contributed by atoms with Crippen molar-refractivity contribution >= 4 is 11.6 Å². The number of anilines is 1. The molecule has 0 radical (unpaired) electrons. The van der Waals surface area contributed by atoms with E-state index < -0.39 is 0 Å². The van der Waals surface area contributed by atoms with Crippen molar-refractivity contribution in [1.29, 1.82) is 0 Å². The van der Waals surface area contributed by atoms with Crippen LogP contribution in [0.1, 0.15) is 31.2 Å². The highest BCUT2D eigenvalue weighted by Crippen LogP contribution is 2.26. The molecular weight excluding hydrogens is 262 g/mol. The molecule has 3 fully saturated rings. The van der Waals surface area contributed by atoms with E-state index in [0.717, 1.165) is 45.1 Å². The Bertz CT molecular complexity index is 523. The maximum Gasteiger partial charge on any atom is 0.223 e. The molecule has 1 N–H and O–H groups in total. The van der Waals surface area contributed by atoms with Crippen molar-refractivity contribution in [2.24, 2.45) is 0 Å². The molecule has 1 amide bonds. The predicted octanol–water partition coefficient (Wildman–Crippen LogP) is 1.75. The van der Waals surface area contributed by atoms with Crippen LogP contribution in [0.5, 0.6) is 0 Å². The van der Waals surface area contributed by atoms with Gasteiger partial charge in [-0.25, -0.2) is 0 Å². The molecule has 4 rings (SSSR count). The molecular formula is C17H23N3O. The quantitative estimate of drug-likeness (QED) is 0.915. The Kier molecular flexibility index (Phi) is 3.34. The number of amides is 1. The Morgan fingerprint density at radius 3 is 2.67 bits per heavy atom. The van der Waals surface area contributed by atoms with Gasteiger partial charge in [0.15, 0.2) is 0 Å². The van der Waals surface area contributed by atoms with Gasteiger partial charge >= 0.3 is 0 Å². The van der Waals surface area contributed by atoms with Crippen LogP contribution in [0, 0.1) is 0 Å². The number of nitrogens with zero attached hydrogens (tertiary/aromatic N) is 2. The molecule has 1 saturated carbocycles. The van der Waals surface area contributed by atoms with Gasteiger partial charge in [0.05, 0.1) is 0 Å². The SMILES string of the molecule is O=C1CCC2CN(c3ccc(CNC4CC4)cc3)CCN12. The lowest BCUT2D eigenvalue weighted by molar-refractivity contribution is -0.129. The fourth-order valence-corrected chi connectivity index (χ4v) is 3.47. The van der Waals surface area contributed by atoms with Gasteiger partial charge in [-0.15, -0.1) is 0 Å². The average molecular weight is 285 g/mol. The van der Waals surface area contributed by atoms with Crippen molar-refractivity contribution in [2.45, 2.75) is 44.3 Å². The number of piperazine rings is 1. The second-order valence-corrected chi connectivity index (χ2v) is 6.55. The van der Waals surface area contributed by atoms with Crippen molar-refractivity contribution < 1.29 is 4.79 Å². The fourth-order valence-electron chi connectivity index (χ4n) is 3.47. The van der Waals surface area contributed by atoms with E-state index in [1.165, 1.54) is 24.1 Å². The van der Waals surface area contributed by atoms with Gasteiger partial charge in [0.1, 0.15) is 0 Å². The average Bonchev–Trinajstić information content (AvgIpc) is 3.29.